The molecule has 3 rings (SSSR count). The van der Waals surface area contributed by atoms with E-state index < -0.39 is 21.8 Å². The van der Waals surface area contributed by atoms with Crippen LogP contribution in [0.2, 0.25) is 0 Å². The Hall–Kier alpha value is -3.95. The predicted octanol–water partition coefficient (Wildman–Crippen LogP) is 2.80. The largest absolute Gasteiger partial charge is 0.490 e. The van der Waals surface area contributed by atoms with Gasteiger partial charge in [0.2, 0.25) is 10.0 Å². The molecule has 0 aliphatic rings. The van der Waals surface area contributed by atoms with Crippen molar-refractivity contribution in [2.45, 2.75) is 11.4 Å². The Morgan fingerprint density at radius 1 is 0.848 bits per heavy atom. The third kappa shape index (κ3) is 6.76. The minimum Gasteiger partial charge on any atom is -0.490 e. The lowest BCUT2D eigenvalue weighted by atomic mass is 10.2. The van der Waals surface area contributed by atoms with E-state index in [0.29, 0.717) is 17.9 Å². The maximum absolute atomic E-state index is 12.6. The van der Waals surface area contributed by atoms with Crippen molar-refractivity contribution >= 4 is 21.8 Å². The summed E-state index contributed by atoms with van der Waals surface area (Å²) >= 11 is 0. The van der Waals surface area contributed by atoms with Crippen LogP contribution >= 0.6 is 0 Å². The summed E-state index contributed by atoms with van der Waals surface area (Å²) in [7, 11) is -3.83. The molecule has 0 saturated heterocycles. The average molecular weight is 466 g/mol. The van der Waals surface area contributed by atoms with Crippen molar-refractivity contribution in [3.8, 4) is 5.75 Å². The molecule has 33 heavy (non-hydrogen) atoms. The van der Waals surface area contributed by atoms with E-state index in [2.05, 4.69) is 22.2 Å². The first-order chi connectivity index (χ1) is 15.9. The standard InChI is InChI=1S/C24H23N3O5S/c1-2-15-32-21-13-11-19(12-14-21)23(28)26-27-24(29)20-9-6-10-22(16-20)33(30,31)25-17-18-7-4-3-5-8-18/h2-14,16,25H,1,15,17H2,(H,26,28)(H,27,29). The van der Waals surface area contributed by atoms with Crippen molar-refractivity contribution in [1.29, 1.82) is 0 Å². The van der Waals surface area contributed by atoms with Crippen molar-refractivity contribution in [3.63, 3.8) is 0 Å². The zero-order valence-electron chi connectivity index (χ0n) is 17.7. The van der Waals surface area contributed by atoms with Gasteiger partial charge >= 0.3 is 0 Å². The molecule has 3 aromatic carbocycles. The van der Waals surface area contributed by atoms with Gasteiger partial charge < -0.3 is 4.74 Å². The Labute approximate surface area is 192 Å². The minimum absolute atomic E-state index is 0.0625. The first kappa shape index (κ1) is 23.7. The number of amides is 2. The fourth-order valence-electron chi connectivity index (χ4n) is 2.78. The molecule has 0 bridgehead atoms. The third-order valence-corrected chi connectivity index (χ3v) is 5.89. The summed E-state index contributed by atoms with van der Waals surface area (Å²) in [5.41, 5.74) is 5.78. The lowest BCUT2D eigenvalue weighted by Crippen LogP contribution is -2.41. The van der Waals surface area contributed by atoms with E-state index in [1.807, 2.05) is 18.2 Å². The summed E-state index contributed by atoms with van der Waals surface area (Å²) in [4.78, 5) is 24.6. The summed E-state index contributed by atoms with van der Waals surface area (Å²) in [5.74, 6) is -0.615. The molecule has 0 unspecified atom stereocenters. The van der Waals surface area contributed by atoms with Crippen molar-refractivity contribution in [2.75, 3.05) is 6.61 Å². The number of ether oxygens (including phenoxy) is 1. The highest BCUT2D eigenvalue weighted by atomic mass is 32.2. The minimum atomic E-state index is -3.83. The number of hydrogen-bond acceptors (Lipinski definition) is 5. The van der Waals surface area contributed by atoms with E-state index in [1.165, 1.54) is 24.3 Å². The van der Waals surface area contributed by atoms with Crippen LogP contribution in [0.15, 0.2) is 96.4 Å². The van der Waals surface area contributed by atoms with Crippen molar-refractivity contribution < 1.29 is 22.7 Å². The molecule has 0 heterocycles. The second kappa shape index (κ2) is 11.1. The Morgan fingerprint density at radius 3 is 2.18 bits per heavy atom. The smallest absolute Gasteiger partial charge is 0.269 e. The van der Waals surface area contributed by atoms with Crippen LogP contribution in [0.25, 0.3) is 0 Å². The number of nitrogens with one attached hydrogen (secondary N) is 3. The summed E-state index contributed by atoms with van der Waals surface area (Å²) in [6, 6.07) is 20.9. The van der Waals surface area contributed by atoms with Crippen LogP contribution in [-0.2, 0) is 16.6 Å². The molecule has 2 amide bonds. The molecule has 0 fully saturated rings. The van der Waals surface area contributed by atoms with E-state index in [1.54, 1.807) is 42.5 Å². The lowest BCUT2D eigenvalue weighted by molar-refractivity contribution is 0.0846. The highest BCUT2D eigenvalue weighted by Crippen LogP contribution is 2.13. The zero-order valence-corrected chi connectivity index (χ0v) is 18.5. The van der Waals surface area contributed by atoms with E-state index >= 15 is 0 Å². The van der Waals surface area contributed by atoms with Crippen LogP contribution in [0.5, 0.6) is 5.75 Å². The van der Waals surface area contributed by atoms with Gasteiger partial charge in [-0.25, -0.2) is 13.1 Å². The molecule has 0 spiro atoms. The second-order valence-electron chi connectivity index (χ2n) is 6.87. The SMILES string of the molecule is C=CCOc1ccc(C(=O)NNC(=O)c2cccc(S(=O)(=O)NCc3ccccc3)c2)cc1. The van der Waals surface area contributed by atoms with E-state index in [0.717, 1.165) is 5.56 Å². The van der Waals surface area contributed by atoms with Gasteiger partial charge in [-0.05, 0) is 48.0 Å². The Balaban J connectivity index is 1.59. The molecule has 8 nitrogen and oxygen atoms in total. The van der Waals surface area contributed by atoms with Crippen molar-refractivity contribution in [3.05, 3.63) is 108 Å². The second-order valence-corrected chi connectivity index (χ2v) is 8.64. The molecule has 0 aliphatic heterocycles. The normalized spacial score (nSPS) is 10.8. The Kier molecular flexibility index (Phi) is 7.96. The molecule has 170 valence electrons. The van der Waals surface area contributed by atoms with Gasteiger partial charge in [-0.15, -0.1) is 0 Å². The number of carbonyl (C=O) groups is 2. The first-order valence-electron chi connectivity index (χ1n) is 9.97. The average Bonchev–Trinajstić information content (AvgIpc) is 2.85. The molecular formula is C24H23N3O5S. The van der Waals surface area contributed by atoms with Crippen LogP contribution in [0, 0.1) is 0 Å². The van der Waals surface area contributed by atoms with Crippen LogP contribution in [0.4, 0.5) is 0 Å². The number of hydrogen-bond donors (Lipinski definition) is 3. The predicted molar refractivity (Wildman–Crippen MR) is 124 cm³/mol. The molecular weight excluding hydrogens is 442 g/mol. The molecule has 3 aromatic rings. The fraction of sp³-hybridized carbons (Fsp3) is 0.0833. The topological polar surface area (TPSA) is 114 Å². The van der Waals surface area contributed by atoms with Crippen LogP contribution in [0.1, 0.15) is 26.3 Å². The highest BCUT2D eigenvalue weighted by molar-refractivity contribution is 7.89. The third-order valence-electron chi connectivity index (χ3n) is 4.49. The van der Waals surface area contributed by atoms with Crippen molar-refractivity contribution in [1.82, 2.24) is 15.6 Å². The van der Waals surface area contributed by atoms with Crippen LogP contribution in [0.3, 0.4) is 0 Å². The van der Waals surface area contributed by atoms with Gasteiger partial charge in [0.05, 0.1) is 4.90 Å². The van der Waals surface area contributed by atoms with Gasteiger partial charge in [0.1, 0.15) is 12.4 Å². The highest BCUT2D eigenvalue weighted by Gasteiger charge is 2.17. The molecule has 3 N–H and O–H groups in total. The monoisotopic (exact) mass is 465 g/mol. The molecule has 0 aromatic heterocycles. The number of rotatable bonds is 9. The van der Waals surface area contributed by atoms with Crippen LogP contribution in [-0.4, -0.2) is 26.8 Å². The van der Waals surface area contributed by atoms with Gasteiger partial charge in [0.15, 0.2) is 0 Å². The van der Waals surface area contributed by atoms with Gasteiger partial charge in [-0.1, -0.05) is 49.1 Å². The summed E-state index contributed by atoms with van der Waals surface area (Å²) < 4.78 is 33.0. The van der Waals surface area contributed by atoms with Gasteiger partial charge in [0, 0.05) is 17.7 Å². The Bertz CT molecular complexity index is 1230. The molecule has 0 radical (unpaired) electrons. The molecule has 0 aliphatic carbocycles. The number of benzene rings is 3. The summed E-state index contributed by atoms with van der Waals surface area (Å²) in [5, 5.41) is 0. The van der Waals surface area contributed by atoms with E-state index in [-0.39, 0.29) is 17.0 Å². The van der Waals surface area contributed by atoms with E-state index in [9.17, 15) is 18.0 Å². The maximum atomic E-state index is 12.6. The first-order valence-corrected chi connectivity index (χ1v) is 11.5. The molecule has 9 heteroatoms. The Morgan fingerprint density at radius 2 is 1.52 bits per heavy atom. The number of carbonyl (C=O) groups excluding carboxylic acids is 2. The van der Waals surface area contributed by atoms with E-state index in [4.69, 9.17) is 4.74 Å². The summed E-state index contributed by atoms with van der Waals surface area (Å²) in [6.07, 6.45) is 1.61. The van der Waals surface area contributed by atoms with Gasteiger partial charge in [0.25, 0.3) is 11.8 Å². The molecule has 0 saturated carbocycles. The van der Waals surface area contributed by atoms with Gasteiger partial charge in [-0.3, -0.25) is 20.4 Å². The maximum Gasteiger partial charge on any atom is 0.269 e. The number of sulfonamides is 1. The zero-order chi connectivity index (χ0) is 23.7. The van der Waals surface area contributed by atoms with Crippen LogP contribution < -0.4 is 20.3 Å². The molecule has 0 atom stereocenters. The lowest BCUT2D eigenvalue weighted by Gasteiger charge is -2.10. The quantitative estimate of drug-likeness (QED) is 0.332. The number of hydrazine groups is 1. The fourth-order valence-corrected chi connectivity index (χ4v) is 3.84. The van der Waals surface area contributed by atoms with Crippen molar-refractivity contribution in [2.24, 2.45) is 0 Å². The van der Waals surface area contributed by atoms with Gasteiger partial charge in [-0.2, -0.15) is 0 Å². The summed E-state index contributed by atoms with van der Waals surface area (Å²) in [6.45, 7) is 4.03.